The molecule has 0 atom stereocenters. The Morgan fingerprint density at radius 1 is 1.06 bits per heavy atom. The highest BCUT2D eigenvalue weighted by atomic mass is 19.1. The molecule has 0 radical (unpaired) electrons. The maximum absolute atomic E-state index is 15.1. The molecule has 0 spiro atoms. The normalized spacial score (nSPS) is 14.9. The number of aryl methyl sites for hydroxylation is 1. The third-order valence-electron chi connectivity index (χ3n) is 5.97. The minimum absolute atomic E-state index is 0.142. The van der Waals surface area contributed by atoms with Crippen molar-refractivity contribution in [2.45, 2.75) is 11.9 Å². The molecule has 1 amide bonds. The molecule has 2 aromatic heterocycles. The highest BCUT2D eigenvalue weighted by Gasteiger charge is 2.44. The Labute approximate surface area is 179 Å². The van der Waals surface area contributed by atoms with E-state index in [1.54, 1.807) is 30.1 Å². The predicted octanol–water partition coefficient (Wildman–Crippen LogP) is 1.95. The van der Waals surface area contributed by atoms with Gasteiger partial charge in [0.05, 0.1) is 23.3 Å². The smallest absolute Gasteiger partial charge is 0.255 e. The van der Waals surface area contributed by atoms with Gasteiger partial charge in [-0.05, 0) is 41.5 Å². The zero-order chi connectivity index (χ0) is 21.9. The molecule has 9 heteroatoms. The van der Waals surface area contributed by atoms with Gasteiger partial charge in [0.2, 0.25) is 0 Å². The van der Waals surface area contributed by atoms with E-state index in [4.69, 9.17) is 0 Å². The van der Waals surface area contributed by atoms with Crippen LogP contribution in [0.2, 0.25) is 0 Å². The fraction of sp³-hybridized carbons (Fsp3) is 0.136. The second-order valence-corrected chi connectivity index (χ2v) is 8.31. The Morgan fingerprint density at radius 3 is 2.48 bits per heavy atom. The standard InChI is InChI=1S/C22H18B2F2N4O/c1-29-10-15-13(4-2-6-19(15)28-29)12-8-17(25)16(18(26)9-12)11-30-21(31)14-5-3-7-27-20(14)22(30,23)24/h2-10H,11,23-24H2,1H3. The summed E-state index contributed by atoms with van der Waals surface area (Å²) >= 11 is 0. The van der Waals surface area contributed by atoms with Crippen LogP contribution >= 0.6 is 0 Å². The van der Waals surface area contributed by atoms with Gasteiger partial charge in [0.15, 0.2) is 0 Å². The van der Waals surface area contributed by atoms with E-state index in [2.05, 4.69) is 10.1 Å². The first-order chi connectivity index (χ1) is 14.8. The molecule has 31 heavy (non-hydrogen) atoms. The van der Waals surface area contributed by atoms with Gasteiger partial charge in [-0.1, -0.05) is 12.1 Å². The topological polar surface area (TPSA) is 51.0 Å². The van der Waals surface area contributed by atoms with Crippen LogP contribution < -0.4 is 0 Å². The van der Waals surface area contributed by atoms with E-state index in [-0.39, 0.29) is 18.0 Å². The molecule has 1 aliphatic rings. The number of nitrogens with zero attached hydrogens (tertiary/aromatic N) is 4. The van der Waals surface area contributed by atoms with Gasteiger partial charge in [-0.15, -0.1) is 0 Å². The summed E-state index contributed by atoms with van der Waals surface area (Å²) in [5.41, 5.74) is 2.81. The number of aromatic nitrogens is 3. The van der Waals surface area contributed by atoms with Crippen LogP contribution in [0.15, 0.2) is 54.9 Å². The molecular weight excluding hydrogens is 396 g/mol. The van der Waals surface area contributed by atoms with Gasteiger partial charge >= 0.3 is 0 Å². The van der Waals surface area contributed by atoms with Crippen LogP contribution in [0.25, 0.3) is 22.0 Å². The number of carbonyl (C=O) groups is 1. The highest BCUT2D eigenvalue weighted by molar-refractivity contribution is 6.42. The summed E-state index contributed by atoms with van der Waals surface area (Å²) in [4.78, 5) is 18.7. The quantitative estimate of drug-likeness (QED) is 0.482. The maximum atomic E-state index is 15.1. The van der Waals surface area contributed by atoms with Gasteiger partial charge in [0.25, 0.3) is 5.91 Å². The largest absolute Gasteiger partial charge is 0.339 e. The van der Waals surface area contributed by atoms with Crippen molar-refractivity contribution >= 4 is 32.5 Å². The number of carbonyl (C=O) groups excluding carboxylic acids is 1. The number of hydrogen-bond donors (Lipinski definition) is 0. The molecule has 2 aromatic carbocycles. The molecule has 5 nitrogen and oxygen atoms in total. The monoisotopic (exact) mass is 414 g/mol. The van der Waals surface area contributed by atoms with Gasteiger partial charge in [0, 0.05) is 35.7 Å². The van der Waals surface area contributed by atoms with Crippen LogP contribution in [0.5, 0.6) is 0 Å². The zero-order valence-electron chi connectivity index (χ0n) is 17.4. The minimum Gasteiger partial charge on any atom is -0.339 e. The van der Waals surface area contributed by atoms with Gasteiger partial charge in [-0.2, -0.15) is 5.10 Å². The summed E-state index contributed by atoms with van der Waals surface area (Å²) < 4.78 is 32.0. The van der Waals surface area contributed by atoms with Crippen LogP contribution in [0, 0.1) is 11.6 Å². The number of pyridine rings is 1. The number of amides is 1. The number of hydrogen-bond acceptors (Lipinski definition) is 3. The molecular formula is C22H18B2F2N4O. The Bertz CT molecular complexity index is 1350. The lowest BCUT2D eigenvalue weighted by atomic mass is 9.59. The summed E-state index contributed by atoms with van der Waals surface area (Å²) in [6.07, 6.45) is 3.44. The van der Waals surface area contributed by atoms with Crippen molar-refractivity contribution in [2.75, 3.05) is 0 Å². The van der Waals surface area contributed by atoms with E-state index in [9.17, 15) is 4.79 Å². The summed E-state index contributed by atoms with van der Waals surface area (Å²) in [6.45, 7) is -0.183. The molecule has 0 bridgehead atoms. The Morgan fingerprint density at radius 2 is 1.77 bits per heavy atom. The second-order valence-electron chi connectivity index (χ2n) is 8.31. The Balaban J connectivity index is 1.55. The average molecular weight is 414 g/mol. The zero-order valence-corrected chi connectivity index (χ0v) is 17.4. The first-order valence-electron chi connectivity index (χ1n) is 9.95. The molecule has 152 valence electrons. The van der Waals surface area contributed by atoms with Crippen LogP contribution in [0.4, 0.5) is 8.78 Å². The van der Waals surface area contributed by atoms with Crippen molar-refractivity contribution in [3.8, 4) is 11.1 Å². The molecule has 1 aliphatic heterocycles. The summed E-state index contributed by atoms with van der Waals surface area (Å²) in [7, 11) is 5.46. The van der Waals surface area contributed by atoms with Crippen molar-refractivity contribution in [3.05, 3.63) is 83.3 Å². The maximum Gasteiger partial charge on any atom is 0.255 e. The van der Waals surface area contributed by atoms with Gasteiger partial charge in [-0.3, -0.25) is 14.5 Å². The summed E-state index contributed by atoms with van der Waals surface area (Å²) in [6, 6.07) is 11.5. The first-order valence-corrected chi connectivity index (χ1v) is 9.95. The molecule has 0 unspecified atom stereocenters. The number of fused-ring (bicyclic) bond motifs is 2. The minimum atomic E-state index is -0.771. The lowest BCUT2D eigenvalue weighted by molar-refractivity contribution is 0.0727. The third-order valence-corrected chi connectivity index (χ3v) is 5.97. The Kier molecular flexibility index (Phi) is 4.25. The van der Waals surface area contributed by atoms with E-state index in [0.29, 0.717) is 22.4 Å². The molecule has 0 N–H and O–H groups in total. The predicted molar refractivity (Wildman–Crippen MR) is 119 cm³/mol. The Hall–Kier alpha value is -3.48. The molecule has 0 saturated heterocycles. The van der Waals surface area contributed by atoms with Gasteiger partial charge < -0.3 is 4.90 Å². The number of benzene rings is 2. The molecule has 5 rings (SSSR count). The van der Waals surface area contributed by atoms with E-state index in [1.165, 1.54) is 17.0 Å². The van der Waals surface area contributed by atoms with Crippen LogP contribution in [-0.4, -0.2) is 41.3 Å². The molecule has 3 heterocycles. The lowest BCUT2D eigenvalue weighted by Crippen LogP contribution is -2.45. The number of rotatable bonds is 3. The average Bonchev–Trinajstić information content (AvgIpc) is 3.20. The van der Waals surface area contributed by atoms with E-state index >= 15 is 8.78 Å². The fourth-order valence-electron chi connectivity index (χ4n) is 4.34. The van der Waals surface area contributed by atoms with E-state index in [0.717, 1.165) is 10.9 Å². The van der Waals surface area contributed by atoms with Gasteiger partial charge in [0.1, 0.15) is 27.3 Å². The molecule has 0 fully saturated rings. The number of halogens is 2. The van der Waals surface area contributed by atoms with Crippen LogP contribution in [0.1, 0.15) is 21.6 Å². The highest BCUT2D eigenvalue weighted by Crippen LogP contribution is 2.36. The van der Waals surface area contributed by atoms with Crippen molar-refractivity contribution in [1.82, 2.24) is 19.7 Å². The first kappa shape index (κ1) is 19.5. The molecule has 0 aliphatic carbocycles. The van der Waals surface area contributed by atoms with Crippen molar-refractivity contribution < 1.29 is 13.6 Å². The van der Waals surface area contributed by atoms with Crippen molar-refractivity contribution in [1.29, 1.82) is 0 Å². The summed E-state index contributed by atoms with van der Waals surface area (Å²) in [5, 5.41) is 4.40. The second kappa shape index (κ2) is 6.77. The van der Waals surface area contributed by atoms with Crippen LogP contribution in [0.3, 0.4) is 0 Å². The van der Waals surface area contributed by atoms with Crippen LogP contribution in [-0.2, 0) is 18.9 Å². The van der Waals surface area contributed by atoms with E-state index in [1.807, 2.05) is 40.1 Å². The molecule has 0 saturated carbocycles. The third kappa shape index (κ3) is 2.95. The molecule has 4 aromatic rings. The van der Waals surface area contributed by atoms with Gasteiger partial charge in [-0.25, -0.2) is 8.78 Å². The van der Waals surface area contributed by atoms with E-state index < -0.39 is 17.0 Å². The summed E-state index contributed by atoms with van der Waals surface area (Å²) in [5.74, 6) is -1.66. The van der Waals surface area contributed by atoms with Crippen molar-refractivity contribution in [3.63, 3.8) is 0 Å². The lowest BCUT2D eigenvalue weighted by Gasteiger charge is -2.32. The van der Waals surface area contributed by atoms with Crippen molar-refractivity contribution in [2.24, 2.45) is 7.05 Å². The SMILES string of the molecule is BC1(B)c2ncccc2C(=O)N1Cc1c(F)cc(-c2cccc3nn(C)cc23)cc1F. The fourth-order valence-corrected chi connectivity index (χ4v) is 4.34.